The normalized spacial score (nSPS) is 19.0. The SMILES string of the molecule is CC(NC(=O)O[C@H]1C[C@H](c2c(-c3ccc(F)cc3)[nH]c3c(F)cc(F)cc32)C1)C(N)=O. The lowest BCUT2D eigenvalue weighted by atomic mass is 9.75. The molecule has 0 spiro atoms. The Hall–Kier alpha value is -3.49. The van der Waals surface area contributed by atoms with E-state index in [4.69, 9.17) is 10.5 Å². The second-order valence-electron chi connectivity index (χ2n) is 7.69. The first-order valence-corrected chi connectivity index (χ1v) is 9.76. The van der Waals surface area contributed by atoms with Crippen molar-refractivity contribution < 1.29 is 27.5 Å². The summed E-state index contributed by atoms with van der Waals surface area (Å²) in [6.07, 6.45) is -0.325. The molecule has 1 fully saturated rings. The van der Waals surface area contributed by atoms with Gasteiger partial charge < -0.3 is 20.8 Å². The second-order valence-corrected chi connectivity index (χ2v) is 7.69. The molecule has 4 rings (SSSR count). The van der Waals surface area contributed by atoms with Crippen LogP contribution in [0.5, 0.6) is 0 Å². The van der Waals surface area contributed by atoms with Crippen molar-refractivity contribution >= 4 is 22.9 Å². The van der Waals surface area contributed by atoms with Gasteiger partial charge >= 0.3 is 6.09 Å². The van der Waals surface area contributed by atoms with Gasteiger partial charge in [-0.2, -0.15) is 0 Å². The van der Waals surface area contributed by atoms with Crippen molar-refractivity contribution in [1.82, 2.24) is 10.3 Å². The van der Waals surface area contributed by atoms with Crippen molar-refractivity contribution in [1.29, 1.82) is 0 Å². The fourth-order valence-electron chi connectivity index (χ4n) is 3.84. The van der Waals surface area contributed by atoms with Gasteiger partial charge in [0.1, 0.15) is 29.6 Å². The van der Waals surface area contributed by atoms with Crippen LogP contribution in [0, 0.1) is 17.5 Å². The highest BCUT2D eigenvalue weighted by atomic mass is 19.1. The zero-order valence-corrected chi connectivity index (χ0v) is 16.5. The molecule has 1 unspecified atom stereocenters. The molecule has 4 N–H and O–H groups in total. The number of amides is 2. The number of carbonyl (C=O) groups is 2. The quantitative estimate of drug-likeness (QED) is 0.567. The van der Waals surface area contributed by atoms with E-state index in [-0.39, 0.29) is 11.4 Å². The van der Waals surface area contributed by atoms with Crippen LogP contribution in [0.2, 0.25) is 0 Å². The number of hydrogen-bond acceptors (Lipinski definition) is 3. The number of halogens is 3. The number of nitrogens with two attached hydrogens (primary N) is 1. The summed E-state index contributed by atoms with van der Waals surface area (Å²) in [5.74, 6) is -2.66. The third-order valence-corrected chi connectivity index (χ3v) is 5.54. The van der Waals surface area contributed by atoms with E-state index in [0.29, 0.717) is 35.0 Å². The maximum atomic E-state index is 14.4. The first-order valence-electron chi connectivity index (χ1n) is 9.76. The molecule has 0 aliphatic heterocycles. The van der Waals surface area contributed by atoms with E-state index in [1.54, 1.807) is 12.1 Å². The van der Waals surface area contributed by atoms with Gasteiger partial charge in [-0.15, -0.1) is 0 Å². The van der Waals surface area contributed by atoms with E-state index < -0.39 is 41.6 Å². The molecular formula is C22H20F3N3O3. The molecule has 3 aromatic rings. The van der Waals surface area contributed by atoms with Crippen LogP contribution in [0.25, 0.3) is 22.2 Å². The smallest absolute Gasteiger partial charge is 0.408 e. The molecule has 1 aromatic heterocycles. The number of rotatable bonds is 5. The van der Waals surface area contributed by atoms with Gasteiger partial charge in [0.2, 0.25) is 5.91 Å². The van der Waals surface area contributed by atoms with Crippen LogP contribution in [-0.4, -0.2) is 29.1 Å². The topological polar surface area (TPSA) is 97.2 Å². The fraction of sp³-hybridized carbons (Fsp3) is 0.273. The van der Waals surface area contributed by atoms with Crippen molar-refractivity contribution in [2.24, 2.45) is 5.73 Å². The van der Waals surface area contributed by atoms with Crippen LogP contribution in [0.1, 0.15) is 31.2 Å². The maximum absolute atomic E-state index is 14.4. The minimum Gasteiger partial charge on any atom is -0.446 e. The standard InChI is InChI=1S/C22H20F3N3O3/c1-10(21(26)29)27-22(30)31-15-6-12(7-15)18-16-8-14(24)9-17(25)20(16)28-19(18)11-2-4-13(23)5-3-11/h2-5,8-10,12,15,28H,6-7H2,1H3,(H2,26,29)(H,27,30)/t10?,12-,15-. The number of nitrogens with one attached hydrogen (secondary N) is 2. The lowest BCUT2D eigenvalue weighted by molar-refractivity contribution is -0.119. The Morgan fingerprint density at radius 2 is 1.81 bits per heavy atom. The number of aromatic amines is 1. The van der Waals surface area contributed by atoms with Gasteiger partial charge in [0.15, 0.2) is 0 Å². The number of carbonyl (C=O) groups excluding carboxylic acids is 2. The van der Waals surface area contributed by atoms with E-state index in [1.165, 1.54) is 25.1 Å². The minimum absolute atomic E-state index is 0.138. The molecule has 9 heteroatoms. The van der Waals surface area contributed by atoms with Gasteiger partial charge in [0, 0.05) is 11.5 Å². The van der Waals surface area contributed by atoms with Crippen molar-refractivity contribution in [2.45, 2.75) is 37.8 Å². The molecule has 0 radical (unpaired) electrons. The highest BCUT2D eigenvalue weighted by Crippen LogP contribution is 2.46. The molecule has 1 aliphatic rings. The molecule has 6 nitrogen and oxygen atoms in total. The Labute approximate surface area is 175 Å². The Morgan fingerprint density at radius 3 is 2.45 bits per heavy atom. The maximum Gasteiger partial charge on any atom is 0.408 e. The van der Waals surface area contributed by atoms with Gasteiger partial charge in [-0.05, 0) is 67.1 Å². The highest BCUT2D eigenvalue weighted by Gasteiger charge is 2.37. The summed E-state index contributed by atoms with van der Waals surface area (Å²) in [5, 5.41) is 2.73. The van der Waals surface area contributed by atoms with Crippen LogP contribution in [-0.2, 0) is 9.53 Å². The van der Waals surface area contributed by atoms with Gasteiger partial charge in [0.05, 0.1) is 11.2 Å². The van der Waals surface area contributed by atoms with Crippen LogP contribution in [0.15, 0.2) is 36.4 Å². The number of ether oxygens (including phenoxy) is 1. The van der Waals surface area contributed by atoms with E-state index in [1.807, 2.05) is 0 Å². The predicted octanol–water partition coefficient (Wildman–Crippen LogP) is 4.10. The van der Waals surface area contributed by atoms with Crippen molar-refractivity contribution in [2.75, 3.05) is 0 Å². The van der Waals surface area contributed by atoms with Crippen molar-refractivity contribution in [3.05, 3.63) is 59.4 Å². The first kappa shape index (κ1) is 20.8. The van der Waals surface area contributed by atoms with Gasteiger partial charge in [-0.3, -0.25) is 4.79 Å². The zero-order valence-electron chi connectivity index (χ0n) is 16.5. The summed E-state index contributed by atoms with van der Waals surface area (Å²) in [7, 11) is 0. The number of alkyl carbamates (subject to hydrolysis) is 1. The number of H-pyrrole nitrogens is 1. The highest BCUT2D eigenvalue weighted by molar-refractivity contribution is 5.92. The van der Waals surface area contributed by atoms with E-state index >= 15 is 0 Å². The van der Waals surface area contributed by atoms with Crippen molar-refractivity contribution in [3.8, 4) is 11.3 Å². The molecule has 2 aromatic carbocycles. The van der Waals surface area contributed by atoms with Crippen molar-refractivity contribution in [3.63, 3.8) is 0 Å². The van der Waals surface area contributed by atoms with Gasteiger partial charge in [-0.1, -0.05) is 0 Å². The summed E-state index contributed by atoms with van der Waals surface area (Å²) >= 11 is 0. The van der Waals surface area contributed by atoms with E-state index in [2.05, 4.69) is 10.3 Å². The Kier molecular flexibility index (Phi) is 5.34. The number of benzene rings is 2. The molecule has 31 heavy (non-hydrogen) atoms. The number of primary amides is 1. The lowest BCUT2D eigenvalue weighted by Gasteiger charge is -2.35. The molecule has 1 saturated carbocycles. The van der Waals surface area contributed by atoms with E-state index in [0.717, 1.165) is 6.07 Å². The second kappa shape index (κ2) is 7.98. The summed E-state index contributed by atoms with van der Waals surface area (Å²) in [6, 6.07) is 6.89. The van der Waals surface area contributed by atoms with Gasteiger partial charge in [0.25, 0.3) is 0 Å². The van der Waals surface area contributed by atoms with Crippen LogP contribution < -0.4 is 11.1 Å². The van der Waals surface area contributed by atoms with Crippen LogP contribution in [0.3, 0.4) is 0 Å². The third kappa shape index (κ3) is 4.08. The monoisotopic (exact) mass is 431 g/mol. The summed E-state index contributed by atoms with van der Waals surface area (Å²) < 4.78 is 47.0. The van der Waals surface area contributed by atoms with Crippen LogP contribution in [0.4, 0.5) is 18.0 Å². The largest absolute Gasteiger partial charge is 0.446 e. The lowest BCUT2D eigenvalue weighted by Crippen LogP contribution is -2.44. The Morgan fingerprint density at radius 1 is 1.13 bits per heavy atom. The molecule has 1 aliphatic carbocycles. The summed E-state index contributed by atoms with van der Waals surface area (Å²) in [4.78, 5) is 25.9. The number of fused-ring (bicyclic) bond motifs is 1. The minimum atomic E-state index is -0.868. The fourth-order valence-corrected chi connectivity index (χ4v) is 3.84. The summed E-state index contributed by atoms with van der Waals surface area (Å²) in [5.41, 5.74) is 7.15. The molecule has 1 heterocycles. The number of aromatic nitrogens is 1. The Bertz CT molecular complexity index is 1150. The third-order valence-electron chi connectivity index (χ3n) is 5.54. The molecule has 0 saturated heterocycles. The van der Waals surface area contributed by atoms with Crippen LogP contribution >= 0.6 is 0 Å². The summed E-state index contributed by atoms with van der Waals surface area (Å²) in [6.45, 7) is 1.44. The molecule has 162 valence electrons. The van der Waals surface area contributed by atoms with Gasteiger partial charge in [-0.25, -0.2) is 18.0 Å². The average Bonchev–Trinajstić information content (AvgIpc) is 3.04. The molecule has 1 atom stereocenters. The van der Waals surface area contributed by atoms with E-state index in [9.17, 15) is 22.8 Å². The Balaban J connectivity index is 1.60. The zero-order chi connectivity index (χ0) is 22.3. The molecule has 2 amide bonds. The average molecular weight is 431 g/mol. The molecular weight excluding hydrogens is 411 g/mol. The molecule has 0 bridgehead atoms. The first-order chi connectivity index (χ1) is 14.7. The predicted molar refractivity (Wildman–Crippen MR) is 108 cm³/mol. The number of hydrogen-bond donors (Lipinski definition) is 3.